The quantitative estimate of drug-likeness (QED) is 0.297. The molecule has 0 atom stereocenters. The Morgan fingerprint density at radius 1 is 1.29 bits per heavy atom. The maximum absolute atomic E-state index is 5.11. The largest absolute Gasteiger partial charge is 0.289 e. The smallest absolute Gasteiger partial charge is 0.276 e. The average molecular weight is 98.1 g/mol. The maximum atomic E-state index is 5.11. The van der Waals surface area contributed by atoms with Gasteiger partial charge in [-0.05, 0) is 0 Å². The molecule has 0 unspecified atom stereocenters. The summed E-state index contributed by atoms with van der Waals surface area (Å²) in [6, 6.07) is 0. The number of nitrogens with zero attached hydrogens (tertiary/aromatic N) is 4. The van der Waals surface area contributed by atoms with Gasteiger partial charge in [-0.3, -0.25) is 5.84 Å². The van der Waals surface area contributed by atoms with Gasteiger partial charge < -0.3 is 0 Å². The lowest BCUT2D eigenvalue weighted by Crippen LogP contribution is -2.44. The summed E-state index contributed by atoms with van der Waals surface area (Å²) in [6.07, 6.45) is 2.71. The fourth-order valence-corrected chi connectivity index (χ4v) is 0.225. The van der Waals surface area contributed by atoms with E-state index in [1.165, 1.54) is 17.3 Å². The van der Waals surface area contributed by atoms with Crippen LogP contribution in [0.1, 0.15) is 0 Å². The highest BCUT2D eigenvalue weighted by Crippen LogP contribution is 1.44. The topological polar surface area (TPSA) is 68.6 Å². The Bertz CT molecular complexity index is 136. The van der Waals surface area contributed by atoms with Gasteiger partial charge in [0.1, 0.15) is 5.21 Å². The van der Waals surface area contributed by atoms with Gasteiger partial charge in [-0.25, -0.2) is 0 Å². The van der Waals surface area contributed by atoms with Crippen LogP contribution in [0.5, 0.6) is 0 Å². The molecule has 36 valence electrons. The predicted molar refractivity (Wildman–Crippen MR) is 20.2 cm³/mol. The molecule has 0 aliphatic heterocycles. The fraction of sp³-hybridized carbons (Fsp3) is 0. The number of hydrogen-bond acceptors (Lipinski definition) is 4. The molecule has 0 bridgehead atoms. The molecule has 7 heavy (non-hydrogen) atoms. The van der Waals surface area contributed by atoms with Crippen molar-refractivity contribution in [2.75, 3.05) is 5.84 Å². The van der Waals surface area contributed by atoms with Gasteiger partial charge in [0.15, 0.2) is 0 Å². The van der Waals surface area contributed by atoms with E-state index in [9.17, 15) is 0 Å². The molecule has 1 rings (SSSR count). The van der Waals surface area contributed by atoms with Gasteiger partial charge >= 0.3 is 0 Å². The van der Waals surface area contributed by atoms with Crippen molar-refractivity contribution in [1.82, 2.24) is 15.4 Å². The van der Waals surface area contributed by atoms with E-state index < -0.39 is 0 Å². The molecule has 0 fully saturated rings. The minimum atomic E-state index is 1.22. The molecule has 0 aliphatic rings. The molecule has 1 heterocycles. The summed E-state index contributed by atoms with van der Waals surface area (Å²) in [6.45, 7) is 0. The second-order valence-corrected chi connectivity index (χ2v) is 0.999. The van der Waals surface area contributed by atoms with Crippen LogP contribution in [0, 0.1) is 0 Å². The van der Waals surface area contributed by atoms with Gasteiger partial charge in [-0.1, -0.05) is 0 Å². The van der Waals surface area contributed by atoms with E-state index in [4.69, 9.17) is 5.84 Å². The zero-order valence-corrected chi connectivity index (χ0v) is 3.52. The summed E-state index contributed by atoms with van der Waals surface area (Å²) >= 11 is 0. The Hall–Kier alpha value is -1.26. The summed E-state index contributed by atoms with van der Waals surface area (Å²) in [5, 5.41) is 9.97. The highest BCUT2D eigenvalue weighted by molar-refractivity contribution is 4.22. The number of aromatic nitrogens is 4. The van der Waals surface area contributed by atoms with Gasteiger partial charge in [-0.2, -0.15) is 0 Å². The Morgan fingerprint density at radius 3 is 2.14 bits per heavy atom. The van der Waals surface area contributed by atoms with Crippen molar-refractivity contribution in [3.63, 3.8) is 0 Å². The molecular weight excluding hydrogens is 94.1 g/mol. The molecule has 0 aliphatic carbocycles. The van der Waals surface area contributed by atoms with Crippen LogP contribution >= 0.6 is 0 Å². The number of nitrogen functional groups attached to an aromatic ring is 1. The Morgan fingerprint density at radius 2 is 1.86 bits per heavy atom. The molecule has 2 N–H and O–H groups in total. The number of nitrogens with two attached hydrogens (primary N) is 1. The number of rotatable bonds is 0. The van der Waals surface area contributed by atoms with Crippen molar-refractivity contribution in [1.29, 1.82) is 0 Å². The average Bonchev–Trinajstić information content (AvgIpc) is 1.69. The SMILES string of the molecule is N[n+]1cnnnc1. The minimum absolute atomic E-state index is 1.22. The first-order valence-electron chi connectivity index (χ1n) is 1.69. The lowest BCUT2D eigenvalue weighted by Gasteiger charge is -1.76. The lowest BCUT2D eigenvalue weighted by atomic mass is 11.2. The van der Waals surface area contributed by atoms with Crippen LogP contribution in [-0.4, -0.2) is 15.4 Å². The molecule has 1 aromatic heterocycles. The van der Waals surface area contributed by atoms with Gasteiger partial charge in [0, 0.05) is 10.2 Å². The van der Waals surface area contributed by atoms with Crippen molar-refractivity contribution >= 4 is 0 Å². The molecule has 0 radical (unpaired) electrons. The first-order valence-corrected chi connectivity index (χ1v) is 1.69. The summed E-state index contributed by atoms with van der Waals surface area (Å²) in [5.74, 6) is 5.11. The van der Waals surface area contributed by atoms with Crippen LogP contribution in [0.25, 0.3) is 0 Å². The van der Waals surface area contributed by atoms with Crippen LogP contribution in [0.2, 0.25) is 0 Å². The number of hydrogen-bond donors (Lipinski definition) is 1. The van der Waals surface area contributed by atoms with Crippen LogP contribution in [-0.2, 0) is 0 Å². The summed E-state index contributed by atoms with van der Waals surface area (Å²) < 4.78 is 1.22. The van der Waals surface area contributed by atoms with E-state index in [0.717, 1.165) is 0 Å². The second kappa shape index (κ2) is 1.46. The Labute approximate surface area is 39.8 Å². The van der Waals surface area contributed by atoms with Crippen LogP contribution in [0.4, 0.5) is 0 Å². The second-order valence-electron chi connectivity index (χ2n) is 0.999. The molecule has 5 heteroatoms. The van der Waals surface area contributed by atoms with Crippen molar-refractivity contribution in [2.45, 2.75) is 0 Å². The first kappa shape index (κ1) is 3.91. The predicted octanol–water partition coefficient (Wildman–Crippen LogP) is -2.13. The highest BCUT2D eigenvalue weighted by Gasteiger charge is 1.83. The monoisotopic (exact) mass is 98.0 g/mol. The molecule has 1 aromatic rings. The van der Waals surface area contributed by atoms with E-state index >= 15 is 0 Å². The lowest BCUT2D eigenvalue weighted by molar-refractivity contribution is -0.646. The Kier molecular flexibility index (Phi) is 0.816. The highest BCUT2D eigenvalue weighted by atomic mass is 15.4. The van der Waals surface area contributed by atoms with E-state index in [0.29, 0.717) is 0 Å². The first-order chi connectivity index (χ1) is 3.39. The third kappa shape index (κ3) is 0.783. The van der Waals surface area contributed by atoms with Gasteiger partial charge in [0.05, 0.1) is 0 Å². The van der Waals surface area contributed by atoms with Gasteiger partial charge in [0.25, 0.3) is 12.7 Å². The molecule has 0 saturated carbocycles. The van der Waals surface area contributed by atoms with E-state index in [1.54, 1.807) is 0 Å². The van der Waals surface area contributed by atoms with Crippen LogP contribution < -0.4 is 10.5 Å². The van der Waals surface area contributed by atoms with Crippen molar-refractivity contribution in [3.8, 4) is 0 Å². The van der Waals surface area contributed by atoms with Gasteiger partial charge in [0.2, 0.25) is 0 Å². The molecule has 0 aromatic carbocycles. The zero-order chi connectivity index (χ0) is 5.11. The summed E-state index contributed by atoms with van der Waals surface area (Å²) in [5.41, 5.74) is 0. The molecule has 0 spiro atoms. The third-order valence-electron chi connectivity index (χ3n) is 0.473. The molecule has 0 saturated heterocycles. The maximum Gasteiger partial charge on any atom is 0.276 e. The molecule has 0 amide bonds. The molecule has 5 nitrogen and oxygen atoms in total. The van der Waals surface area contributed by atoms with Crippen LogP contribution in [0.15, 0.2) is 12.7 Å². The normalized spacial score (nSPS) is 8.57. The molecular formula is C2H4N5+. The van der Waals surface area contributed by atoms with Gasteiger partial charge in [-0.15, -0.1) is 4.68 Å². The summed E-state index contributed by atoms with van der Waals surface area (Å²) in [4.78, 5) is 0. The van der Waals surface area contributed by atoms with Crippen molar-refractivity contribution in [2.24, 2.45) is 0 Å². The summed E-state index contributed by atoms with van der Waals surface area (Å²) in [7, 11) is 0. The minimum Gasteiger partial charge on any atom is -0.289 e. The van der Waals surface area contributed by atoms with E-state index in [2.05, 4.69) is 15.4 Å². The van der Waals surface area contributed by atoms with Crippen molar-refractivity contribution < 1.29 is 4.68 Å². The third-order valence-corrected chi connectivity index (χ3v) is 0.473. The fourth-order valence-electron chi connectivity index (χ4n) is 0.225. The van der Waals surface area contributed by atoms with Crippen LogP contribution in [0.3, 0.4) is 0 Å². The van der Waals surface area contributed by atoms with Crippen molar-refractivity contribution in [3.05, 3.63) is 12.7 Å². The Balaban J connectivity index is 3.02. The van der Waals surface area contributed by atoms with E-state index in [1.807, 2.05) is 0 Å². The van der Waals surface area contributed by atoms with E-state index in [-0.39, 0.29) is 0 Å². The zero-order valence-electron chi connectivity index (χ0n) is 3.52. The standard InChI is InChI=1S/C2H4N5/c3-7-1-4-6-5-2-7/h1-2H,(H2,3,6)/q+1.